The van der Waals surface area contributed by atoms with E-state index in [9.17, 15) is 19.5 Å². The van der Waals surface area contributed by atoms with E-state index < -0.39 is 42.4 Å². The van der Waals surface area contributed by atoms with Crippen molar-refractivity contribution in [1.29, 1.82) is 0 Å². The lowest BCUT2D eigenvalue weighted by Gasteiger charge is -2.15. The molecule has 1 aliphatic rings. The minimum Gasteiger partial charge on any atom is -0.428 e. The number of nitrogens with one attached hydrogen (secondary N) is 1. The van der Waals surface area contributed by atoms with E-state index in [0.717, 1.165) is 6.26 Å². The van der Waals surface area contributed by atoms with Crippen LogP contribution in [-0.4, -0.2) is 39.6 Å². The van der Waals surface area contributed by atoms with Crippen LogP contribution in [0.4, 0.5) is 4.79 Å². The van der Waals surface area contributed by atoms with Gasteiger partial charge in [0.15, 0.2) is 0 Å². The fourth-order valence-corrected chi connectivity index (χ4v) is 2.18. The van der Waals surface area contributed by atoms with Gasteiger partial charge in [0, 0.05) is 18.2 Å². The number of aromatic nitrogens is 2. The number of aliphatic hydroxyl groups excluding tert-OH is 1. The summed E-state index contributed by atoms with van der Waals surface area (Å²) in [6.45, 7) is 4.36. The van der Waals surface area contributed by atoms with E-state index in [2.05, 4.69) is 16.3 Å². The Bertz CT molecular complexity index is 678. The number of nitrogens with zero attached hydrogens (tertiary/aromatic N) is 1. The number of ether oxygens (including phenoxy) is 3. The van der Waals surface area contributed by atoms with Gasteiger partial charge in [-0.1, -0.05) is 6.58 Å². The van der Waals surface area contributed by atoms with Crippen molar-refractivity contribution in [3.63, 3.8) is 0 Å². The van der Waals surface area contributed by atoms with Crippen molar-refractivity contribution >= 4 is 6.16 Å². The first-order chi connectivity index (χ1) is 10.5. The molecule has 0 saturated carbocycles. The van der Waals surface area contributed by atoms with Crippen LogP contribution in [0, 0.1) is 6.92 Å². The molecule has 1 aromatic rings. The first-order valence-electron chi connectivity index (χ1n) is 6.52. The molecule has 0 amide bonds. The van der Waals surface area contributed by atoms with Gasteiger partial charge >= 0.3 is 11.8 Å². The molecule has 0 radical (unpaired) electrons. The Hall–Kier alpha value is -2.39. The molecule has 1 fully saturated rings. The summed E-state index contributed by atoms with van der Waals surface area (Å²) < 4.78 is 16.1. The summed E-state index contributed by atoms with van der Waals surface area (Å²) in [6.07, 6.45) is -0.954. The van der Waals surface area contributed by atoms with Gasteiger partial charge in [0.25, 0.3) is 5.56 Å². The maximum absolute atomic E-state index is 11.8. The Morgan fingerprint density at radius 2 is 2.36 bits per heavy atom. The molecule has 3 atom stereocenters. The summed E-state index contributed by atoms with van der Waals surface area (Å²) in [6, 6.07) is 0. The fraction of sp³-hybridized carbons (Fsp3) is 0.462. The van der Waals surface area contributed by atoms with Gasteiger partial charge in [-0.25, -0.2) is 9.59 Å². The average Bonchev–Trinajstić information content (AvgIpc) is 2.85. The minimum absolute atomic E-state index is 0.128. The second-order valence-corrected chi connectivity index (χ2v) is 4.72. The third-order valence-electron chi connectivity index (χ3n) is 3.24. The van der Waals surface area contributed by atoms with Crippen LogP contribution in [0.15, 0.2) is 28.6 Å². The number of carbonyl (C=O) groups is 1. The summed E-state index contributed by atoms with van der Waals surface area (Å²) in [5, 5.41) is 9.29. The topological polar surface area (TPSA) is 120 Å². The summed E-state index contributed by atoms with van der Waals surface area (Å²) in [4.78, 5) is 36.6. The Kier molecular flexibility index (Phi) is 4.78. The quantitative estimate of drug-likeness (QED) is 0.583. The zero-order valence-electron chi connectivity index (χ0n) is 11.9. The standard InChI is InChI=1S/C13H16N2O7/c1-3-20-13(19)22-8-4-10(21-9(8)6-16)15-5-7(2)11(17)14-12(15)18/h3,5,8-10,16H,1,4,6H2,2H3,(H,14,17,18)/t8-,9+,10+/m0/s1. The normalized spacial score (nSPS) is 24.0. The highest BCUT2D eigenvalue weighted by Crippen LogP contribution is 2.29. The van der Waals surface area contributed by atoms with Crippen molar-refractivity contribution in [2.45, 2.75) is 31.8 Å². The zero-order valence-corrected chi connectivity index (χ0v) is 11.9. The van der Waals surface area contributed by atoms with E-state index in [1.807, 2.05) is 0 Å². The third-order valence-corrected chi connectivity index (χ3v) is 3.24. The number of hydrogen-bond donors (Lipinski definition) is 2. The Morgan fingerprint density at radius 1 is 1.64 bits per heavy atom. The molecule has 120 valence electrons. The highest BCUT2D eigenvalue weighted by molar-refractivity contribution is 5.60. The highest BCUT2D eigenvalue weighted by atomic mass is 16.7. The molecule has 0 unspecified atom stereocenters. The number of hydrogen-bond acceptors (Lipinski definition) is 7. The van der Waals surface area contributed by atoms with Crippen molar-refractivity contribution in [2.24, 2.45) is 0 Å². The number of H-pyrrole nitrogens is 1. The SMILES string of the molecule is C=COC(=O)O[C@H]1C[C@H](n2cc(C)c(=O)[nH]c2=O)O[C@@H]1CO. The molecule has 0 aromatic carbocycles. The van der Waals surface area contributed by atoms with Gasteiger partial charge in [0.05, 0.1) is 12.9 Å². The van der Waals surface area contributed by atoms with Crippen molar-refractivity contribution in [2.75, 3.05) is 6.61 Å². The maximum Gasteiger partial charge on any atom is 0.513 e. The third kappa shape index (κ3) is 3.26. The predicted octanol–water partition coefficient (Wildman–Crippen LogP) is -0.210. The minimum atomic E-state index is -0.979. The molecule has 2 rings (SSSR count). The molecule has 0 spiro atoms. The molecule has 9 nitrogen and oxygen atoms in total. The van der Waals surface area contributed by atoms with Gasteiger partial charge in [-0.05, 0) is 6.92 Å². The van der Waals surface area contributed by atoms with E-state index in [-0.39, 0.29) is 6.42 Å². The molecule has 2 heterocycles. The molecule has 9 heteroatoms. The molecular weight excluding hydrogens is 296 g/mol. The van der Waals surface area contributed by atoms with E-state index in [0.29, 0.717) is 5.56 Å². The van der Waals surface area contributed by atoms with E-state index in [1.165, 1.54) is 10.8 Å². The summed E-state index contributed by atoms with van der Waals surface area (Å²) >= 11 is 0. The number of aromatic amines is 1. The maximum atomic E-state index is 11.8. The van der Waals surface area contributed by atoms with Crippen LogP contribution >= 0.6 is 0 Å². The van der Waals surface area contributed by atoms with Crippen molar-refractivity contribution < 1.29 is 24.1 Å². The van der Waals surface area contributed by atoms with Gasteiger partial charge in [-0.3, -0.25) is 14.3 Å². The molecule has 0 bridgehead atoms. The molecular formula is C13H16N2O7. The lowest BCUT2D eigenvalue weighted by Crippen LogP contribution is -2.33. The molecule has 1 aliphatic heterocycles. The van der Waals surface area contributed by atoms with Crippen LogP contribution in [0.1, 0.15) is 18.2 Å². The van der Waals surface area contributed by atoms with Gasteiger partial charge in [0.2, 0.25) is 0 Å². The summed E-state index contributed by atoms with van der Waals surface area (Å²) in [7, 11) is 0. The van der Waals surface area contributed by atoms with Crippen molar-refractivity contribution in [1.82, 2.24) is 9.55 Å². The Balaban J connectivity index is 2.20. The molecule has 2 N–H and O–H groups in total. The lowest BCUT2D eigenvalue weighted by molar-refractivity contribution is -0.0542. The van der Waals surface area contributed by atoms with Gasteiger partial charge in [-0.15, -0.1) is 0 Å². The zero-order chi connectivity index (χ0) is 16.3. The fourth-order valence-electron chi connectivity index (χ4n) is 2.18. The number of carbonyl (C=O) groups excluding carboxylic acids is 1. The highest BCUT2D eigenvalue weighted by Gasteiger charge is 2.39. The number of aryl methyl sites for hydroxylation is 1. The molecule has 0 aliphatic carbocycles. The molecule has 22 heavy (non-hydrogen) atoms. The van der Waals surface area contributed by atoms with Crippen LogP contribution in [0.3, 0.4) is 0 Å². The summed E-state index contributed by atoms with van der Waals surface area (Å²) in [5.41, 5.74) is -0.800. The first kappa shape index (κ1) is 16.0. The Labute approximate surface area is 124 Å². The van der Waals surface area contributed by atoms with Crippen molar-refractivity contribution in [3.8, 4) is 0 Å². The second kappa shape index (κ2) is 6.58. The number of rotatable bonds is 4. The van der Waals surface area contributed by atoms with Crippen LogP contribution < -0.4 is 11.2 Å². The van der Waals surface area contributed by atoms with E-state index in [4.69, 9.17) is 9.47 Å². The van der Waals surface area contributed by atoms with E-state index >= 15 is 0 Å². The average molecular weight is 312 g/mol. The second-order valence-electron chi connectivity index (χ2n) is 4.72. The van der Waals surface area contributed by atoms with Gasteiger partial charge in [0.1, 0.15) is 18.4 Å². The first-order valence-corrected chi connectivity index (χ1v) is 6.52. The van der Waals surface area contributed by atoms with Crippen molar-refractivity contribution in [3.05, 3.63) is 45.4 Å². The van der Waals surface area contributed by atoms with E-state index in [1.54, 1.807) is 6.92 Å². The summed E-state index contributed by atoms with van der Waals surface area (Å²) in [5.74, 6) is 0. The van der Waals surface area contributed by atoms with Crippen LogP contribution in [0.25, 0.3) is 0 Å². The Morgan fingerprint density at radius 3 is 3.00 bits per heavy atom. The number of aliphatic hydroxyl groups is 1. The van der Waals surface area contributed by atoms with Crippen LogP contribution in [0.2, 0.25) is 0 Å². The lowest BCUT2D eigenvalue weighted by atomic mass is 10.2. The monoisotopic (exact) mass is 312 g/mol. The molecule has 1 saturated heterocycles. The van der Waals surface area contributed by atoms with Gasteiger partial charge in [-0.2, -0.15) is 0 Å². The molecule has 1 aromatic heterocycles. The smallest absolute Gasteiger partial charge is 0.428 e. The predicted molar refractivity (Wildman–Crippen MR) is 73.2 cm³/mol. The van der Waals surface area contributed by atoms with Gasteiger partial charge < -0.3 is 19.3 Å². The van der Waals surface area contributed by atoms with Crippen LogP contribution in [0.5, 0.6) is 0 Å². The largest absolute Gasteiger partial charge is 0.513 e. The van der Waals surface area contributed by atoms with Crippen LogP contribution in [-0.2, 0) is 14.2 Å².